The summed E-state index contributed by atoms with van der Waals surface area (Å²) in [6.45, 7) is 6.40. The van der Waals surface area contributed by atoms with Crippen LogP contribution in [0.3, 0.4) is 0 Å². The van der Waals surface area contributed by atoms with Crippen LogP contribution in [0.15, 0.2) is 40.0 Å². The van der Waals surface area contributed by atoms with Gasteiger partial charge in [-0.25, -0.2) is 13.5 Å². The molecule has 0 spiro atoms. The quantitative estimate of drug-likeness (QED) is 0.875. The Kier molecular flexibility index (Phi) is 5.33. The summed E-state index contributed by atoms with van der Waals surface area (Å²) in [6.07, 6.45) is 0.620. The zero-order valence-electron chi connectivity index (χ0n) is 13.5. The summed E-state index contributed by atoms with van der Waals surface area (Å²) in [5.41, 5.74) is 1.66. The molecule has 1 aromatic heterocycles. The Morgan fingerprint density at radius 1 is 1.09 bits per heavy atom. The highest BCUT2D eigenvalue weighted by atomic mass is 32.2. The number of aromatic amines is 1. The molecule has 0 aliphatic rings. The van der Waals surface area contributed by atoms with Crippen molar-refractivity contribution in [3.63, 3.8) is 0 Å². The Bertz CT molecular complexity index is 819. The van der Waals surface area contributed by atoms with Crippen LogP contribution in [0.4, 0.5) is 0 Å². The van der Waals surface area contributed by atoms with Crippen LogP contribution in [0, 0.1) is 0 Å². The number of benzene rings is 1. The van der Waals surface area contributed by atoms with E-state index in [1.807, 2.05) is 26.8 Å². The van der Waals surface area contributed by atoms with Crippen molar-refractivity contribution < 1.29 is 8.42 Å². The molecule has 124 valence electrons. The number of rotatable bonds is 6. The minimum Gasteiger partial charge on any atom is -0.268 e. The van der Waals surface area contributed by atoms with Crippen LogP contribution >= 0.6 is 0 Å². The van der Waals surface area contributed by atoms with Crippen LogP contribution in [0.25, 0.3) is 11.3 Å². The number of nitrogens with zero attached hydrogens (tertiary/aromatic N) is 2. The molecule has 1 N–H and O–H groups in total. The Labute approximate surface area is 136 Å². The van der Waals surface area contributed by atoms with Gasteiger partial charge in [0.1, 0.15) is 0 Å². The van der Waals surface area contributed by atoms with Gasteiger partial charge in [0, 0.05) is 24.7 Å². The van der Waals surface area contributed by atoms with Gasteiger partial charge in [-0.05, 0) is 24.1 Å². The number of H-pyrrole nitrogens is 1. The molecule has 6 nitrogen and oxygen atoms in total. The molecule has 0 saturated carbocycles. The first-order chi connectivity index (χ1) is 10.9. The second-order valence-corrected chi connectivity index (χ2v) is 6.98. The molecule has 0 aliphatic heterocycles. The van der Waals surface area contributed by atoms with Crippen molar-refractivity contribution in [2.24, 2.45) is 0 Å². The second kappa shape index (κ2) is 7.06. The fraction of sp³-hybridized carbons (Fsp3) is 0.375. The van der Waals surface area contributed by atoms with Crippen LogP contribution in [0.2, 0.25) is 0 Å². The summed E-state index contributed by atoms with van der Waals surface area (Å²) in [4.78, 5) is 11.4. The maximum atomic E-state index is 12.9. The summed E-state index contributed by atoms with van der Waals surface area (Å²) in [7, 11) is -3.55. The number of hydrogen-bond donors (Lipinski definition) is 1. The predicted octanol–water partition coefficient (Wildman–Crippen LogP) is 2.03. The van der Waals surface area contributed by atoms with E-state index >= 15 is 0 Å². The Morgan fingerprint density at radius 3 is 2.30 bits per heavy atom. The van der Waals surface area contributed by atoms with Gasteiger partial charge in [0.25, 0.3) is 5.56 Å². The second-order valence-electron chi connectivity index (χ2n) is 5.07. The lowest BCUT2D eigenvalue weighted by molar-refractivity contribution is 0.444. The van der Waals surface area contributed by atoms with Gasteiger partial charge in [0.2, 0.25) is 10.0 Å². The standard InChI is InChI=1S/C16H21N3O3S/c1-4-12-7-8-13(14-9-10-16(20)18-17-14)11-15(12)23(21,22)19(5-2)6-3/h7-11H,4-6H2,1-3H3,(H,18,20). The van der Waals surface area contributed by atoms with E-state index in [-0.39, 0.29) is 5.56 Å². The van der Waals surface area contributed by atoms with Crippen molar-refractivity contribution in [3.05, 3.63) is 46.2 Å². The predicted molar refractivity (Wildman–Crippen MR) is 89.8 cm³/mol. The zero-order valence-corrected chi connectivity index (χ0v) is 14.4. The van der Waals surface area contributed by atoms with E-state index in [1.165, 1.54) is 10.4 Å². The summed E-state index contributed by atoms with van der Waals surface area (Å²) in [5.74, 6) is 0. The summed E-state index contributed by atoms with van der Waals surface area (Å²) in [5, 5.41) is 6.33. The normalized spacial score (nSPS) is 11.8. The highest BCUT2D eigenvalue weighted by molar-refractivity contribution is 7.89. The molecule has 7 heteroatoms. The van der Waals surface area contributed by atoms with E-state index in [0.717, 1.165) is 5.56 Å². The fourth-order valence-corrected chi connectivity index (χ4v) is 4.23. The minimum absolute atomic E-state index is 0.296. The van der Waals surface area contributed by atoms with E-state index in [1.54, 1.807) is 18.2 Å². The fourth-order valence-electron chi connectivity index (χ4n) is 2.45. The average molecular weight is 335 g/mol. The van der Waals surface area contributed by atoms with Gasteiger partial charge in [0.05, 0.1) is 10.6 Å². The van der Waals surface area contributed by atoms with Crippen LogP contribution in [-0.4, -0.2) is 36.0 Å². The van der Waals surface area contributed by atoms with Crippen molar-refractivity contribution in [1.82, 2.24) is 14.5 Å². The molecule has 23 heavy (non-hydrogen) atoms. The van der Waals surface area contributed by atoms with Crippen molar-refractivity contribution in [1.29, 1.82) is 0 Å². The van der Waals surface area contributed by atoms with E-state index in [2.05, 4.69) is 10.2 Å². The van der Waals surface area contributed by atoms with Crippen molar-refractivity contribution in [2.45, 2.75) is 32.1 Å². The highest BCUT2D eigenvalue weighted by Crippen LogP contribution is 2.26. The zero-order chi connectivity index (χ0) is 17.0. The maximum absolute atomic E-state index is 12.9. The molecule has 0 bridgehead atoms. The van der Waals surface area contributed by atoms with Gasteiger partial charge in [-0.3, -0.25) is 4.79 Å². The third-order valence-electron chi connectivity index (χ3n) is 3.75. The molecular formula is C16H21N3O3S. The molecule has 1 heterocycles. The van der Waals surface area contributed by atoms with Gasteiger partial charge < -0.3 is 0 Å². The lowest BCUT2D eigenvalue weighted by atomic mass is 10.1. The van der Waals surface area contributed by atoms with Crippen molar-refractivity contribution in [3.8, 4) is 11.3 Å². The number of aromatic nitrogens is 2. The Balaban J connectivity index is 2.60. The van der Waals surface area contributed by atoms with Gasteiger partial charge in [-0.1, -0.05) is 32.9 Å². The van der Waals surface area contributed by atoms with Gasteiger partial charge in [0.15, 0.2) is 0 Å². The monoisotopic (exact) mass is 335 g/mol. The number of sulfonamides is 1. The molecule has 0 unspecified atom stereocenters. The molecule has 1 aromatic carbocycles. The van der Waals surface area contributed by atoms with Crippen LogP contribution in [0.5, 0.6) is 0 Å². The molecule has 0 atom stereocenters. The summed E-state index contributed by atoms with van der Waals surface area (Å²) < 4.78 is 27.2. The third kappa shape index (κ3) is 3.51. The number of aryl methyl sites for hydroxylation is 1. The van der Waals surface area contributed by atoms with Crippen LogP contribution in [-0.2, 0) is 16.4 Å². The topological polar surface area (TPSA) is 83.1 Å². The number of nitrogens with one attached hydrogen (secondary N) is 1. The summed E-state index contributed by atoms with van der Waals surface area (Å²) >= 11 is 0. The van der Waals surface area contributed by atoms with E-state index in [4.69, 9.17) is 0 Å². The molecule has 2 rings (SSSR count). The van der Waals surface area contributed by atoms with Gasteiger partial charge >= 0.3 is 0 Å². The highest BCUT2D eigenvalue weighted by Gasteiger charge is 2.24. The van der Waals surface area contributed by atoms with Gasteiger partial charge in [-0.2, -0.15) is 9.40 Å². The van der Waals surface area contributed by atoms with Crippen molar-refractivity contribution in [2.75, 3.05) is 13.1 Å². The lowest BCUT2D eigenvalue weighted by Crippen LogP contribution is -2.31. The summed E-state index contributed by atoms with van der Waals surface area (Å²) in [6, 6.07) is 8.20. The first-order valence-electron chi connectivity index (χ1n) is 7.63. The third-order valence-corrected chi connectivity index (χ3v) is 5.88. The van der Waals surface area contributed by atoms with E-state index in [0.29, 0.717) is 35.7 Å². The maximum Gasteiger partial charge on any atom is 0.264 e. The first-order valence-corrected chi connectivity index (χ1v) is 9.07. The Morgan fingerprint density at radius 2 is 1.78 bits per heavy atom. The van der Waals surface area contributed by atoms with Crippen LogP contribution < -0.4 is 5.56 Å². The van der Waals surface area contributed by atoms with Gasteiger partial charge in [-0.15, -0.1) is 0 Å². The molecule has 0 radical (unpaired) electrons. The molecule has 2 aromatic rings. The Hall–Kier alpha value is -1.99. The smallest absolute Gasteiger partial charge is 0.264 e. The molecule has 0 aliphatic carbocycles. The SMILES string of the molecule is CCc1ccc(-c2ccc(=O)[nH]n2)cc1S(=O)(=O)N(CC)CC. The molecular weight excluding hydrogens is 314 g/mol. The number of hydrogen-bond acceptors (Lipinski definition) is 4. The van der Waals surface area contributed by atoms with E-state index in [9.17, 15) is 13.2 Å². The minimum atomic E-state index is -3.55. The lowest BCUT2D eigenvalue weighted by Gasteiger charge is -2.20. The van der Waals surface area contributed by atoms with Crippen molar-refractivity contribution >= 4 is 10.0 Å². The average Bonchev–Trinajstić information content (AvgIpc) is 2.56. The molecule has 0 fully saturated rings. The molecule has 0 saturated heterocycles. The van der Waals surface area contributed by atoms with Crippen LogP contribution in [0.1, 0.15) is 26.3 Å². The largest absolute Gasteiger partial charge is 0.268 e. The van der Waals surface area contributed by atoms with E-state index < -0.39 is 10.0 Å². The molecule has 0 amide bonds. The first kappa shape index (κ1) is 17.4.